The van der Waals surface area contributed by atoms with Crippen LogP contribution >= 0.6 is 0 Å². The van der Waals surface area contributed by atoms with Crippen LogP contribution in [-0.2, 0) is 23.7 Å². The van der Waals surface area contributed by atoms with Crippen molar-refractivity contribution >= 4 is 5.78 Å². The standard InChI is InChI=1S/C31H40O13/c1-13-23(35)31(40-4)25(37)26(42-13)43-18-9-16-17(32)10-29(38)22(27(16,2)11-19(18)44-31)21(34)24(36)28(3)15(7-8-30(28,29)39)14-5-6-20(33)41-12-14/h5-6,9,12-13,15,17-19,21-23,25-26,32,34-35,37-39H,7-8,10-11H2,1-4H3/t13-,15+,17+,18+,19+,21-,22+,23+,25+,26-,27-,28-,29-,30+,31-/m0/s1. The van der Waals surface area contributed by atoms with E-state index in [-0.39, 0.29) is 25.7 Å². The molecule has 6 aliphatic rings. The molecule has 3 saturated carbocycles. The van der Waals surface area contributed by atoms with E-state index >= 15 is 0 Å². The lowest BCUT2D eigenvalue weighted by Gasteiger charge is -2.67. The van der Waals surface area contributed by atoms with Crippen molar-refractivity contribution in [1.82, 2.24) is 0 Å². The van der Waals surface area contributed by atoms with Gasteiger partial charge in [-0.3, -0.25) is 4.79 Å². The van der Waals surface area contributed by atoms with Crippen molar-refractivity contribution in [2.45, 2.75) is 118 Å². The molecular formula is C31H40O13. The normalized spacial score (nSPS) is 54.8. The summed E-state index contributed by atoms with van der Waals surface area (Å²) in [6.07, 6.45) is -7.26. The molecule has 0 unspecified atom stereocenters. The highest BCUT2D eigenvalue weighted by Gasteiger charge is 2.80. The Morgan fingerprint density at radius 2 is 1.73 bits per heavy atom. The molecule has 3 heterocycles. The van der Waals surface area contributed by atoms with E-state index in [1.165, 1.54) is 32.4 Å². The van der Waals surface area contributed by atoms with Crippen LogP contribution in [0.1, 0.15) is 57.9 Å². The zero-order valence-corrected chi connectivity index (χ0v) is 25.0. The molecule has 13 heteroatoms. The third kappa shape index (κ3) is 3.48. The van der Waals surface area contributed by atoms with Crippen molar-refractivity contribution < 1.29 is 58.8 Å². The molecule has 2 saturated heterocycles. The number of ether oxygens (including phenoxy) is 4. The Morgan fingerprint density at radius 1 is 1.00 bits per heavy atom. The van der Waals surface area contributed by atoms with Crippen LogP contribution in [0.4, 0.5) is 0 Å². The highest BCUT2D eigenvalue weighted by molar-refractivity contribution is 5.93. The lowest BCUT2D eigenvalue weighted by molar-refractivity contribution is -0.388. The number of carbonyl (C=O) groups excluding carboxylic acids is 1. The Labute approximate surface area is 253 Å². The highest BCUT2D eigenvalue weighted by atomic mass is 16.8. The fraction of sp³-hybridized carbons (Fsp3) is 0.742. The van der Waals surface area contributed by atoms with Crippen molar-refractivity contribution in [3.63, 3.8) is 0 Å². The van der Waals surface area contributed by atoms with Gasteiger partial charge in [-0.05, 0) is 50.3 Å². The molecule has 13 nitrogen and oxygen atoms in total. The van der Waals surface area contributed by atoms with Gasteiger partial charge in [-0.25, -0.2) is 4.79 Å². The predicted octanol–water partition coefficient (Wildman–Crippen LogP) is -0.760. The van der Waals surface area contributed by atoms with E-state index in [1.54, 1.807) is 19.9 Å². The second-order valence-electron chi connectivity index (χ2n) is 14.0. The molecule has 4 aliphatic carbocycles. The maximum Gasteiger partial charge on any atom is 0.335 e. The summed E-state index contributed by atoms with van der Waals surface area (Å²) in [5, 5.41) is 70.9. The maximum atomic E-state index is 14.3. The van der Waals surface area contributed by atoms with Crippen molar-refractivity contribution in [2.75, 3.05) is 7.11 Å². The van der Waals surface area contributed by atoms with Gasteiger partial charge in [0.1, 0.15) is 29.5 Å². The molecule has 2 bridgehead atoms. The Kier molecular flexibility index (Phi) is 6.61. The Hall–Kier alpha value is -2.04. The summed E-state index contributed by atoms with van der Waals surface area (Å²) in [6.45, 7) is 4.79. The van der Waals surface area contributed by atoms with Gasteiger partial charge >= 0.3 is 5.63 Å². The molecule has 5 fully saturated rings. The highest BCUT2D eigenvalue weighted by Crippen LogP contribution is 2.70. The molecular weight excluding hydrogens is 580 g/mol. The summed E-state index contributed by atoms with van der Waals surface area (Å²) in [5.74, 6) is -4.57. The van der Waals surface area contributed by atoms with Crippen LogP contribution in [0.15, 0.2) is 39.3 Å². The quantitative estimate of drug-likeness (QED) is 0.225. The first-order valence-electron chi connectivity index (χ1n) is 15.1. The SMILES string of the molecule is CO[C@]12O[C@@H]3C[C@@]4(C)C(=C[C@H]3O[C@H](O[C@@H](C)[C@H]1O)[C@H]2O)[C@H](O)C[C@]1(O)[C@@H]4[C@H](O)C(=O)[C@]2(C)[C@@H](c3ccc(=O)oc3)CC[C@]12O. The van der Waals surface area contributed by atoms with E-state index in [0.717, 1.165) is 0 Å². The minimum absolute atomic E-state index is 0.0195. The number of Topliss-reactive ketones (excluding diaryl/α,β-unsaturated/α-hetero) is 1. The number of carbonyl (C=O) groups is 1. The maximum absolute atomic E-state index is 14.3. The molecule has 15 atom stereocenters. The van der Waals surface area contributed by atoms with Gasteiger partial charge in [0, 0.05) is 36.8 Å². The molecule has 0 radical (unpaired) electrons. The van der Waals surface area contributed by atoms with E-state index in [4.69, 9.17) is 23.4 Å². The summed E-state index contributed by atoms with van der Waals surface area (Å²) < 4.78 is 28.9. The van der Waals surface area contributed by atoms with E-state index in [0.29, 0.717) is 11.1 Å². The smallest absolute Gasteiger partial charge is 0.335 e. The summed E-state index contributed by atoms with van der Waals surface area (Å²) >= 11 is 0. The van der Waals surface area contributed by atoms with Crippen LogP contribution < -0.4 is 5.63 Å². The predicted molar refractivity (Wildman–Crippen MR) is 147 cm³/mol. The number of rotatable bonds is 2. The average Bonchev–Trinajstić information content (AvgIpc) is 3.22. The molecule has 242 valence electrons. The summed E-state index contributed by atoms with van der Waals surface area (Å²) in [5.41, 5.74) is -6.94. The Morgan fingerprint density at radius 3 is 2.39 bits per heavy atom. The van der Waals surface area contributed by atoms with Gasteiger partial charge in [0.15, 0.2) is 18.2 Å². The minimum Gasteiger partial charge on any atom is -0.431 e. The summed E-state index contributed by atoms with van der Waals surface area (Å²) in [6, 6.07) is 2.73. The molecule has 6 N–H and O–H groups in total. The summed E-state index contributed by atoms with van der Waals surface area (Å²) in [4.78, 5) is 26.0. The largest absolute Gasteiger partial charge is 0.431 e. The van der Waals surface area contributed by atoms with Crippen LogP contribution in [0.25, 0.3) is 0 Å². The molecule has 0 aromatic carbocycles. The molecule has 1 aromatic rings. The van der Waals surface area contributed by atoms with Crippen molar-refractivity contribution in [3.8, 4) is 0 Å². The fourth-order valence-electron chi connectivity index (χ4n) is 9.99. The number of hydrogen-bond donors (Lipinski definition) is 6. The second kappa shape index (κ2) is 9.50. The average molecular weight is 621 g/mol. The topological polar surface area (TPSA) is 206 Å². The van der Waals surface area contributed by atoms with Crippen LogP contribution in [0.5, 0.6) is 0 Å². The van der Waals surface area contributed by atoms with Crippen molar-refractivity contribution in [2.24, 2.45) is 16.7 Å². The third-order valence-electron chi connectivity index (χ3n) is 12.2. The second-order valence-corrected chi connectivity index (χ2v) is 14.0. The van der Waals surface area contributed by atoms with E-state index < -0.39 is 100 Å². The van der Waals surface area contributed by atoms with Gasteiger partial charge in [0.05, 0.1) is 30.0 Å². The molecule has 7 rings (SSSR count). The molecule has 0 amide bonds. The monoisotopic (exact) mass is 620 g/mol. The van der Waals surface area contributed by atoms with Gasteiger partial charge in [-0.1, -0.05) is 13.0 Å². The van der Waals surface area contributed by atoms with Gasteiger partial charge in [0.2, 0.25) is 5.79 Å². The van der Waals surface area contributed by atoms with E-state index in [2.05, 4.69) is 0 Å². The number of aliphatic hydroxyl groups is 6. The third-order valence-corrected chi connectivity index (χ3v) is 12.2. The van der Waals surface area contributed by atoms with Crippen LogP contribution in [0.2, 0.25) is 0 Å². The fourth-order valence-corrected chi connectivity index (χ4v) is 9.99. The lowest BCUT2D eigenvalue weighted by Crippen LogP contribution is -2.80. The van der Waals surface area contributed by atoms with Crippen molar-refractivity contribution in [3.05, 3.63) is 46.0 Å². The number of methoxy groups -OCH3 is 1. The molecule has 0 spiro atoms. The van der Waals surface area contributed by atoms with Gasteiger partial charge in [-0.2, -0.15) is 0 Å². The number of aliphatic hydroxyl groups excluding tert-OH is 4. The van der Waals surface area contributed by atoms with Crippen molar-refractivity contribution in [1.29, 1.82) is 0 Å². The first-order valence-corrected chi connectivity index (χ1v) is 15.1. The number of hydrogen-bond acceptors (Lipinski definition) is 13. The van der Waals surface area contributed by atoms with Gasteiger partial charge in [-0.15, -0.1) is 0 Å². The number of ketones is 1. The minimum atomic E-state index is -2.14. The van der Waals surface area contributed by atoms with E-state index in [1.807, 2.05) is 0 Å². The Bertz CT molecular complexity index is 1440. The van der Waals surface area contributed by atoms with Crippen LogP contribution in [0, 0.1) is 16.7 Å². The Balaban J connectivity index is 1.33. The van der Waals surface area contributed by atoms with Gasteiger partial charge in [0.25, 0.3) is 0 Å². The van der Waals surface area contributed by atoms with Gasteiger partial charge < -0.3 is 54.0 Å². The van der Waals surface area contributed by atoms with E-state index in [9.17, 15) is 40.2 Å². The molecule has 44 heavy (non-hydrogen) atoms. The van der Waals surface area contributed by atoms with Crippen LogP contribution in [-0.4, -0.2) is 110 Å². The number of fused-ring (bicyclic) bond motifs is 8. The first kappa shape index (κ1) is 30.6. The zero-order chi connectivity index (χ0) is 31.8. The molecule has 1 aromatic heterocycles. The zero-order valence-electron chi connectivity index (χ0n) is 25.0. The summed E-state index contributed by atoms with van der Waals surface area (Å²) in [7, 11) is 1.28. The van der Waals surface area contributed by atoms with Crippen LogP contribution in [0.3, 0.4) is 0 Å². The first-order chi connectivity index (χ1) is 20.6. The lowest BCUT2D eigenvalue weighted by atomic mass is 9.41. The molecule has 2 aliphatic heterocycles.